The Bertz CT molecular complexity index is 746. The molecule has 0 bridgehead atoms. The minimum absolute atomic E-state index is 0.0567. The molecule has 1 heterocycles. The third kappa shape index (κ3) is 3.72. The van der Waals surface area contributed by atoms with Crippen LogP contribution in [0.2, 0.25) is 0 Å². The molecule has 26 heavy (non-hydrogen) atoms. The predicted molar refractivity (Wildman–Crippen MR) is 100 cm³/mol. The molecule has 1 saturated carbocycles. The quantitative estimate of drug-likeness (QED) is 0.827. The molecule has 1 fully saturated rings. The summed E-state index contributed by atoms with van der Waals surface area (Å²) in [7, 11) is 1.98. The summed E-state index contributed by atoms with van der Waals surface area (Å²) in [6, 6.07) is 10.1. The van der Waals surface area contributed by atoms with E-state index in [0.717, 1.165) is 30.4 Å². The van der Waals surface area contributed by atoms with Crippen LogP contribution in [0.25, 0.3) is 0 Å². The van der Waals surface area contributed by atoms with Crippen LogP contribution in [-0.2, 0) is 11.3 Å². The zero-order valence-electron chi connectivity index (χ0n) is 15.6. The number of benzene rings is 1. The molecule has 1 aromatic heterocycles. The summed E-state index contributed by atoms with van der Waals surface area (Å²) in [6.07, 6.45) is 1.02. The standard InChI is InChI=1S/C19H27N5O2/c1-4-24-18(14-10-15(17(26)11-14)12-20-13(2)25)21-22-19(24)23(3)16-8-6-5-7-9-16/h5-9,14-15,17,26H,4,10-12H2,1-3H3,(H,20,25)/t14-,15+,17+/m0/s1. The van der Waals surface area contributed by atoms with Crippen molar-refractivity contribution in [2.24, 2.45) is 5.92 Å². The number of carbonyl (C=O) groups excluding carboxylic acids is 1. The molecule has 7 heteroatoms. The highest BCUT2D eigenvalue weighted by Gasteiger charge is 2.37. The number of rotatable bonds is 6. The SMILES string of the molecule is CCn1c([C@H]2C[C@H](CNC(C)=O)[C@H](O)C2)nnc1N(C)c1ccccc1. The van der Waals surface area contributed by atoms with Crippen LogP contribution >= 0.6 is 0 Å². The smallest absolute Gasteiger partial charge is 0.231 e. The number of hydrogen-bond donors (Lipinski definition) is 2. The molecule has 140 valence electrons. The number of aliphatic hydroxyl groups is 1. The molecular weight excluding hydrogens is 330 g/mol. The second-order valence-corrected chi connectivity index (χ2v) is 6.93. The van der Waals surface area contributed by atoms with E-state index < -0.39 is 6.10 Å². The fourth-order valence-corrected chi connectivity index (χ4v) is 3.73. The largest absolute Gasteiger partial charge is 0.393 e. The Morgan fingerprint density at radius 2 is 2.04 bits per heavy atom. The van der Waals surface area contributed by atoms with Crippen LogP contribution in [-0.4, -0.2) is 45.5 Å². The van der Waals surface area contributed by atoms with Gasteiger partial charge in [0.05, 0.1) is 6.10 Å². The average Bonchev–Trinajstić information content (AvgIpc) is 3.23. The van der Waals surface area contributed by atoms with Crippen LogP contribution in [0.4, 0.5) is 11.6 Å². The molecule has 3 rings (SSSR count). The van der Waals surface area contributed by atoms with Crippen molar-refractivity contribution in [3.63, 3.8) is 0 Å². The van der Waals surface area contributed by atoms with Crippen LogP contribution in [0.15, 0.2) is 30.3 Å². The van der Waals surface area contributed by atoms with Gasteiger partial charge in [0.15, 0.2) is 0 Å². The lowest BCUT2D eigenvalue weighted by Gasteiger charge is -2.20. The third-order valence-electron chi connectivity index (χ3n) is 5.16. The maximum absolute atomic E-state index is 11.1. The summed E-state index contributed by atoms with van der Waals surface area (Å²) in [5.74, 6) is 1.85. The minimum atomic E-state index is -0.427. The Kier molecular flexibility index (Phi) is 5.56. The molecule has 0 spiro atoms. The number of carbonyl (C=O) groups is 1. The lowest BCUT2D eigenvalue weighted by atomic mass is 10.0. The average molecular weight is 357 g/mol. The van der Waals surface area contributed by atoms with Crippen molar-refractivity contribution in [2.75, 3.05) is 18.5 Å². The Hall–Kier alpha value is -2.41. The van der Waals surface area contributed by atoms with E-state index in [1.165, 1.54) is 6.92 Å². The summed E-state index contributed by atoms with van der Waals surface area (Å²) in [4.78, 5) is 13.2. The van der Waals surface area contributed by atoms with Gasteiger partial charge in [-0.25, -0.2) is 0 Å². The first-order valence-corrected chi connectivity index (χ1v) is 9.15. The highest BCUT2D eigenvalue weighted by atomic mass is 16.3. The van der Waals surface area contributed by atoms with Gasteiger partial charge in [-0.2, -0.15) is 0 Å². The number of aromatic nitrogens is 3. The molecule has 0 aliphatic heterocycles. The van der Waals surface area contributed by atoms with E-state index in [4.69, 9.17) is 0 Å². The van der Waals surface area contributed by atoms with Crippen molar-refractivity contribution in [1.29, 1.82) is 0 Å². The number of anilines is 2. The molecule has 0 unspecified atom stereocenters. The second kappa shape index (κ2) is 7.86. The van der Waals surface area contributed by atoms with Gasteiger partial charge in [0.1, 0.15) is 5.82 Å². The van der Waals surface area contributed by atoms with Crippen molar-refractivity contribution < 1.29 is 9.90 Å². The van der Waals surface area contributed by atoms with Gasteiger partial charge in [-0.3, -0.25) is 9.36 Å². The van der Waals surface area contributed by atoms with E-state index in [1.54, 1.807) is 0 Å². The third-order valence-corrected chi connectivity index (χ3v) is 5.16. The minimum Gasteiger partial charge on any atom is -0.393 e. The highest BCUT2D eigenvalue weighted by Crippen LogP contribution is 2.38. The number of aliphatic hydroxyl groups excluding tert-OH is 1. The van der Waals surface area contributed by atoms with E-state index in [9.17, 15) is 9.90 Å². The van der Waals surface area contributed by atoms with Crippen molar-refractivity contribution >= 4 is 17.5 Å². The summed E-state index contributed by atoms with van der Waals surface area (Å²) in [5.41, 5.74) is 1.05. The van der Waals surface area contributed by atoms with Gasteiger partial charge in [0, 0.05) is 44.6 Å². The maximum atomic E-state index is 11.1. The van der Waals surface area contributed by atoms with Gasteiger partial charge in [0.25, 0.3) is 0 Å². The van der Waals surface area contributed by atoms with Crippen LogP contribution in [0.1, 0.15) is 38.4 Å². The number of nitrogens with one attached hydrogen (secondary N) is 1. The molecule has 3 atom stereocenters. The van der Waals surface area contributed by atoms with Crippen LogP contribution in [0, 0.1) is 5.92 Å². The molecule has 0 radical (unpaired) electrons. The lowest BCUT2D eigenvalue weighted by molar-refractivity contribution is -0.119. The lowest BCUT2D eigenvalue weighted by Crippen LogP contribution is -2.30. The van der Waals surface area contributed by atoms with Crippen molar-refractivity contribution in [3.8, 4) is 0 Å². The first kappa shape index (κ1) is 18.4. The summed E-state index contributed by atoms with van der Waals surface area (Å²) < 4.78 is 2.12. The Morgan fingerprint density at radius 3 is 2.69 bits per heavy atom. The Balaban J connectivity index is 1.79. The summed E-state index contributed by atoms with van der Waals surface area (Å²) >= 11 is 0. The first-order valence-electron chi connectivity index (χ1n) is 9.15. The molecule has 2 N–H and O–H groups in total. The van der Waals surface area contributed by atoms with Gasteiger partial charge in [-0.05, 0) is 31.9 Å². The normalized spacial score (nSPS) is 22.4. The molecule has 1 amide bonds. The zero-order chi connectivity index (χ0) is 18.7. The predicted octanol–water partition coefficient (Wildman–Crippen LogP) is 2.06. The number of amides is 1. The van der Waals surface area contributed by atoms with Gasteiger partial charge in [0.2, 0.25) is 11.9 Å². The Labute approximate surface area is 154 Å². The van der Waals surface area contributed by atoms with Gasteiger partial charge < -0.3 is 15.3 Å². The summed E-state index contributed by atoms with van der Waals surface area (Å²) in [5, 5.41) is 22.1. The molecule has 1 aliphatic rings. The molecule has 1 aromatic carbocycles. The van der Waals surface area contributed by atoms with Crippen LogP contribution < -0.4 is 10.2 Å². The van der Waals surface area contributed by atoms with Crippen LogP contribution in [0.5, 0.6) is 0 Å². The molecule has 7 nitrogen and oxygen atoms in total. The summed E-state index contributed by atoms with van der Waals surface area (Å²) in [6.45, 7) is 4.84. The Morgan fingerprint density at radius 1 is 1.31 bits per heavy atom. The van der Waals surface area contributed by atoms with Crippen LogP contribution in [0.3, 0.4) is 0 Å². The van der Waals surface area contributed by atoms with Crippen molar-refractivity contribution in [2.45, 2.75) is 45.3 Å². The fourth-order valence-electron chi connectivity index (χ4n) is 3.73. The number of nitrogens with zero attached hydrogens (tertiary/aromatic N) is 4. The number of hydrogen-bond acceptors (Lipinski definition) is 5. The van der Waals surface area contributed by atoms with E-state index in [1.807, 2.05) is 42.3 Å². The van der Waals surface area contributed by atoms with Gasteiger partial charge >= 0.3 is 0 Å². The first-order chi connectivity index (χ1) is 12.5. The van der Waals surface area contributed by atoms with Crippen molar-refractivity contribution in [1.82, 2.24) is 20.1 Å². The fraction of sp³-hybridized carbons (Fsp3) is 0.526. The van der Waals surface area contributed by atoms with E-state index in [0.29, 0.717) is 13.0 Å². The highest BCUT2D eigenvalue weighted by molar-refractivity contribution is 5.72. The van der Waals surface area contributed by atoms with E-state index in [-0.39, 0.29) is 17.7 Å². The van der Waals surface area contributed by atoms with Gasteiger partial charge in [-0.1, -0.05) is 18.2 Å². The maximum Gasteiger partial charge on any atom is 0.231 e. The van der Waals surface area contributed by atoms with E-state index >= 15 is 0 Å². The van der Waals surface area contributed by atoms with E-state index in [2.05, 4.69) is 27.0 Å². The zero-order valence-corrected chi connectivity index (χ0v) is 15.6. The number of para-hydroxylation sites is 1. The molecule has 0 saturated heterocycles. The van der Waals surface area contributed by atoms with Crippen molar-refractivity contribution in [3.05, 3.63) is 36.2 Å². The van der Waals surface area contributed by atoms with Gasteiger partial charge in [-0.15, -0.1) is 10.2 Å². The topological polar surface area (TPSA) is 83.3 Å². The second-order valence-electron chi connectivity index (χ2n) is 6.93. The molecule has 1 aliphatic carbocycles. The molecular formula is C19H27N5O2. The molecule has 2 aromatic rings. The monoisotopic (exact) mass is 357 g/mol.